The molecule has 0 aliphatic heterocycles. The van der Waals surface area contributed by atoms with Crippen LogP contribution in [0.3, 0.4) is 0 Å². The van der Waals surface area contributed by atoms with Crippen molar-refractivity contribution < 1.29 is 20.1 Å². The Morgan fingerprint density at radius 3 is 2.15 bits per heavy atom. The van der Waals surface area contributed by atoms with Gasteiger partial charge in [0.05, 0.1) is 8.07 Å². The molecule has 0 amide bonds. The maximum atomic E-state index is 4.66. The maximum absolute atomic E-state index is 4.66. The Bertz CT molecular complexity index is 595. The molecule has 0 atom stereocenters. The second-order valence-electron chi connectivity index (χ2n) is 6.39. The molecule has 1 radical (unpaired) electrons. The van der Waals surface area contributed by atoms with Crippen molar-refractivity contribution in [2.75, 3.05) is 0 Å². The van der Waals surface area contributed by atoms with E-state index in [4.69, 9.17) is 0 Å². The summed E-state index contributed by atoms with van der Waals surface area (Å²) in [5.74, 6) is 0. The van der Waals surface area contributed by atoms with Gasteiger partial charge in [0.15, 0.2) is 0 Å². The van der Waals surface area contributed by atoms with E-state index in [0.717, 1.165) is 11.3 Å². The molecule has 0 bridgehead atoms. The number of pyridine rings is 1. The van der Waals surface area contributed by atoms with Gasteiger partial charge in [-0.1, -0.05) is 45.1 Å². The summed E-state index contributed by atoms with van der Waals surface area (Å²) in [5, 5.41) is 1.45. The Kier molecular flexibility index (Phi) is 5.48. The minimum Gasteiger partial charge on any atom is -0.305 e. The quantitative estimate of drug-likeness (QED) is 0.487. The van der Waals surface area contributed by atoms with Gasteiger partial charge in [-0.25, -0.2) is 0 Å². The van der Waals surface area contributed by atoms with Gasteiger partial charge in [-0.2, -0.15) is 0 Å². The molecule has 1 heterocycles. The Hall–Kier alpha value is -0.764. The molecule has 0 saturated carbocycles. The monoisotopic (exact) mass is 461 g/mol. The Morgan fingerprint density at radius 2 is 1.65 bits per heavy atom. The summed E-state index contributed by atoms with van der Waals surface area (Å²) in [6.07, 6.45) is 2.07. The summed E-state index contributed by atoms with van der Waals surface area (Å²) < 4.78 is 0. The van der Waals surface area contributed by atoms with Gasteiger partial charge < -0.3 is 4.98 Å². The van der Waals surface area contributed by atoms with Gasteiger partial charge in [-0.05, 0) is 17.8 Å². The molecular weight excluding hydrogens is 438 g/mol. The maximum Gasteiger partial charge on any atom is 0.0798 e. The molecule has 0 fully saturated rings. The van der Waals surface area contributed by atoms with Crippen LogP contribution in [0.2, 0.25) is 19.6 Å². The summed E-state index contributed by atoms with van der Waals surface area (Å²) in [4.78, 5) is 4.66. The number of aryl methyl sites for hydroxylation is 3. The van der Waals surface area contributed by atoms with E-state index < -0.39 is 8.07 Å². The van der Waals surface area contributed by atoms with E-state index in [1.165, 1.54) is 21.9 Å². The average Bonchev–Trinajstić information content (AvgIpc) is 2.25. The molecule has 0 aliphatic carbocycles. The largest absolute Gasteiger partial charge is 0.305 e. The van der Waals surface area contributed by atoms with Crippen LogP contribution in [0.1, 0.15) is 16.7 Å². The smallest absolute Gasteiger partial charge is 0.0798 e. The van der Waals surface area contributed by atoms with Crippen LogP contribution in [0.15, 0.2) is 24.4 Å². The van der Waals surface area contributed by atoms with Crippen LogP contribution in [0.4, 0.5) is 0 Å². The number of benzene rings is 1. The van der Waals surface area contributed by atoms with Crippen LogP contribution >= 0.6 is 0 Å². The number of hydrogen-bond donors (Lipinski definition) is 0. The number of aromatic nitrogens is 1. The molecule has 0 aliphatic rings. The first-order chi connectivity index (χ1) is 8.77. The molecule has 109 valence electrons. The molecule has 2 aromatic rings. The third kappa shape index (κ3) is 3.88. The van der Waals surface area contributed by atoms with Gasteiger partial charge in [-0.15, -0.1) is 34.9 Å². The Balaban J connectivity index is 0.00000200. The van der Waals surface area contributed by atoms with Crippen LogP contribution in [-0.2, 0) is 20.1 Å². The molecule has 1 aromatic carbocycles. The van der Waals surface area contributed by atoms with E-state index in [1.54, 1.807) is 0 Å². The van der Waals surface area contributed by atoms with Crippen molar-refractivity contribution in [2.24, 2.45) is 0 Å². The summed E-state index contributed by atoms with van der Waals surface area (Å²) in [6, 6.07) is 9.91. The molecule has 0 saturated heterocycles. The van der Waals surface area contributed by atoms with Crippen LogP contribution in [-0.4, -0.2) is 13.1 Å². The van der Waals surface area contributed by atoms with Gasteiger partial charge in [-0.3, -0.25) is 0 Å². The fraction of sp³-hybridized carbons (Fsp3) is 0.353. The zero-order chi connectivity index (χ0) is 14.2. The van der Waals surface area contributed by atoms with Crippen molar-refractivity contribution in [2.45, 2.75) is 40.4 Å². The second-order valence-corrected chi connectivity index (χ2v) is 11.4. The molecule has 1 nitrogen and oxygen atoms in total. The predicted molar refractivity (Wildman–Crippen MR) is 85.7 cm³/mol. The first-order valence-electron chi connectivity index (χ1n) is 6.75. The number of rotatable bonds is 2. The van der Waals surface area contributed by atoms with Crippen molar-refractivity contribution in [1.29, 1.82) is 0 Å². The van der Waals surface area contributed by atoms with Crippen molar-refractivity contribution in [3.8, 4) is 11.3 Å². The van der Waals surface area contributed by atoms with Crippen LogP contribution < -0.4 is 5.19 Å². The summed E-state index contributed by atoms with van der Waals surface area (Å²) in [6.45, 7) is 13.5. The van der Waals surface area contributed by atoms with Crippen molar-refractivity contribution in [1.82, 2.24) is 4.98 Å². The fourth-order valence-corrected chi connectivity index (χ4v) is 4.23. The molecule has 20 heavy (non-hydrogen) atoms. The molecule has 1 aromatic heterocycles. The van der Waals surface area contributed by atoms with Crippen LogP contribution in [0.5, 0.6) is 0 Å². The van der Waals surface area contributed by atoms with Gasteiger partial charge in [0, 0.05) is 26.3 Å². The fourth-order valence-electron chi connectivity index (χ4n) is 2.52. The predicted octanol–water partition coefficient (Wildman–Crippen LogP) is 4.02. The van der Waals surface area contributed by atoms with E-state index in [0.29, 0.717) is 0 Å². The zero-order valence-electron chi connectivity index (χ0n) is 13.1. The minimum atomic E-state index is -1.30. The van der Waals surface area contributed by atoms with E-state index in [1.807, 2.05) is 0 Å². The molecule has 0 unspecified atom stereocenters. The van der Waals surface area contributed by atoms with E-state index in [2.05, 4.69) is 75.9 Å². The van der Waals surface area contributed by atoms with Crippen molar-refractivity contribution in [3.63, 3.8) is 0 Å². The third-order valence-corrected chi connectivity index (χ3v) is 5.48. The van der Waals surface area contributed by atoms with Gasteiger partial charge in [0.2, 0.25) is 0 Å². The average molecular weight is 461 g/mol. The zero-order valence-corrected chi connectivity index (χ0v) is 16.5. The molecule has 2 rings (SSSR count). The van der Waals surface area contributed by atoms with Crippen molar-refractivity contribution in [3.05, 3.63) is 47.2 Å². The Morgan fingerprint density at radius 1 is 1.00 bits per heavy atom. The second kappa shape index (κ2) is 6.34. The first-order valence-corrected chi connectivity index (χ1v) is 10.3. The summed E-state index contributed by atoms with van der Waals surface area (Å²) >= 11 is 0. The van der Waals surface area contributed by atoms with Gasteiger partial charge in [0.1, 0.15) is 0 Å². The topological polar surface area (TPSA) is 12.9 Å². The summed E-state index contributed by atoms with van der Waals surface area (Å²) in [5.41, 5.74) is 5.93. The SMILES string of the molecule is Cc1[c-]c(-c2cc(C)c([Si](C)(C)C)cn2)cc(C)c1.[Ir]. The molecular formula is C17H22IrNSi-. The van der Waals surface area contributed by atoms with E-state index in [-0.39, 0.29) is 20.1 Å². The Labute approximate surface area is 137 Å². The normalized spacial score (nSPS) is 11.1. The standard InChI is InChI=1S/C17H22NSi.Ir/c1-12-7-13(2)9-15(8-12)16-10-14(3)17(11-18-16)19(4,5)6;/h7-8,10-11H,1-6H3;/q-1;. The third-order valence-electron chi connectivity index (χ3n) is 3.34. The van der Waals surface area contributed by atoms with Crippen molar-refractivity contribution >= 4 is 13.3 Å². The molecule has 3 heteroatoms. The summed E-state index contributed by atoms with van der Waals surface area (Å²) in [7, 11) is -1.30. The number of hydrogen-bond acceptors (Lipinski definition) is 1. The van der Waals surface area contributed by atoms with E-state index in [9.17, 15) is 0 Å². The van der Waals surface area contributed by atoms with Crippen LogP contribution in [0.25, 0.3) is 11.3 Å². The van der Waals surface area contributed by atoms with Gasteiger partial charge in [0.25, 0.3) is 0 Å². The van der Waals surface area contributed by atoms with Gasteiger partial charge >= 0.3 is 0 Å². The first kappa shape index (κ1) is 17.3. The number of nitrogens with zero attached hydrogens (tertiary/aromatic N) is 1. The minimum absolute atomic E-state index is 0. The molecule has 0 N–H and O–H groups in total. The van der Waals surface area contributed by atoms with Crippen LogP contribution in [0, 0.1) is 26.8 Å². The molecule has 0 spiro atoms. The van der Waals surface area contributed by atoms with E-state index >= 15 is 0 Å².